The summed E-state index contributed by atoms with van der Waals surface area (Å²) in [4.78, 5) is 41.6. The normalized spacial score (nSPS) is 27.4. The van der Waals surface area contributed by atoms with Crippen LogP contribution < -0.4 is 14.4 Å². The molecule has 3 heterocycles. The largest absolute Gasteiger partial charge is 0.497 e. The lowest BCUT2D eigenvalue weighted by atomic mass is 9.80. The van der Waals surface area contributed by atoms with Crippen molar-refractivity contribution in [1.82, 2.24) is 5.01 Å². The van der Waals surface area contributed by atoms with Gasteiger partial charge in [-0.15, -0.1) is 0 Å². The van der Waals surface area contributed by atoms with E-state index in [-0.39, 0.29) is 11.7 Å². The van der Waals surface area contributed by atoms with Crippen LogP contribution in [0, 0.1) is 17.3 Å². The highest BCUT2D eigenvalue weighted by atomic mass is 16.5. The molecular formula is C22H25N3O5. The zero-order valence-electron chi connectivity index (χ0n) is 17.7. The third kappa shape index (κ3) is 2.81. The Labute approximate surface area is 175 Å². The minimum absolute atomic E-state index is 0.118. The first-order valence-electron chi connectivity index (χ1n) is 9.84. The first-order valence-corrected chi connectivity index (χ1v) is 9.84. The van der Waals surface area contributed by atoms with Gasteiger partial charge in [0.15, 0.2) is 5.78 Å². The standard InChI is InChI=1S/C22H25N3O5/c1-22(2,3)19(26)18-17-16(13-7-6-10-23-25(13)18)20(27)24(21(17)28)14-11-12(29-4)8-9-15(14)30-5/h6-11,13,16-18H,1-5H3. The van der Waals surface area contributed by atoms with Gasteiger partial charge in [0, 0.05) is 17.7 Å². The van der Waals surface area contributed by atoms with Gasteiger partial charge in [0.2, 0.25) is 11.8 Å². The summed E-state index contributed by atoms with van der Waals surface area (Å²) in [6.07, 6.45) is 5.16. The molecule has 0 N–H and O–H groups in total. The molecule has 0 spiro atoms. The van der Waals surface area contributed by atoms with Crippen molar-refractivity contribution < 1.29 is 23.9 Å². The van der Waals surface area contributed by atoms with Gasteiger partial charge in [0.05, 0.1) is 37.8 Å². The third-order valence-corrected chi connectivity index (χ3v) is 5.93. The van der Waals surface area contributed by atoms with Crippen LogP contribution in [-0.2, 0) is 14.4 Å². The first-order chi connectivity index (χ1) is 14.2. The minimum Gasteiger partial charge on any atom is -0.497 e. The van der Waals surface area contributed by atoms with Gasteiger partial charge in [-0.2, -0.15) is 5.10 Å². The summed E-state index contributed by atoms with van der Waals surface area (Å²) in [6, 6.07) is 3.69. The topological polar surface area (TPSA) is 88.5 Å². The van der Waals surface area contributed by atoms with Gasteiger partial charge >= 0.3 is 0 Å². The zero-order valence-corrected chi connectivity index (χ0v) is 17.7. The van der Waals surface area contributed by atoms with Crippen LogP contribution in [0.25, 0.3) is 0 Å². The molecule has 2 amide bonds. The number of hydrogen-bond acceptors (Lipinski definition) is 7. The average molecular weight is 411 g/mol. The molecule has 4 unspecified atom stereocenters. The van der Waals surface area contributed by atoms with Crippen molar-refractivity contribution >= 4 is 29.5 Å². The van der Waals surface area contributed by atoms with E-state index in [4.69, 9.17) is 9.47 Å². The molecule has 1 aromatic rings. The molecule has 2 saturated heterocycles. The third-order valence-electron chi connectivity index (χ3n) is 5.93. The van der Waals surface area contributed by atoms with E-state index in [1.807, 2.05) is 26.8 Å². The monoisotopic (exact) mass is 411 g/mol. The Balaban J connectivity index is 1.82. The number of methoxy groups -OCH3 is 2. The van der Waals surface area contributed by atoms with Crippen LogP contribution in [0.4, 0.5) is 5.69 Å². The maximum Gasteiger partial charge on any atom is 0.240 e. The van der Waals surface area contributed by atoms with Gasteiger partial charge in [-0.05, 0) is 18.2 Å². The van der Waals surface area contributed by atoms with Crippen LogP contribution in [0.2, 0.25) is 0 Å². The molecule has 2 fully saturated rings. The van der Waals surface area contributed by atoms with Crippen molar-refractivity contribution in [2.45, 2.75) is 32.9 Å². The highest BCUT2D eigenvalue weighted by molar-refractivity contribution is 6.24. The lowest BCUT2D eigenvalue weighted by molar-refractivity contribution is -0.136. The van der Waals surface area contributed by atoms with Crippen molar-refractivity contribution in [3.63, 3.8) is 0 Å². The molecule has 0 bridgehead atoms. The molecular weight excluding hydrogens is 386 g/mol. The van der Waals surface area contributed by atoms with Crippen LogP contribution >= 0.6 is 0 Å². The number of carbonyl (C=O) groups excluding carboxylic acids is 3. The second kappa shape index (κ2) is 6.97. The van der Waals surface area contributed by atoms with Crippen molar-refractivity contribution in [3.05, 3.63) is 30.4 Å². The number of fused-ring (bicyclic) bond motifs is 3. The number of allylic oxidation sites excluding steroid dienone is 1. The number of benzene rings is 1. The fourth-order valence-corrected chi connectivity index (χ4v) is 4.49. The SMILES string of the molecule is COc1ccc(OC)c(N2C(=O)C3C(C2=O)C(C(=O)C(C)(C)C)N2N=CC=CC32)c1. The lowest BCUT2D eigenvalue weighted by Gasteiger charge is -2.33. The van der Waals surface area contributed by atoms with E-state index < -0.39 is 35.2 Å². The fraction of sp³-hybridized carbons (Fsp3) is 0.455. The van der Waals surface area contributed by atoms with Gasteiger partial charge in [-0.25, -0.2) is 4.90 Å². The Morgan fingerprint density at radius 1 is 1.07 bits per heavy atom. The molecule has 0 radical (unpaired) electrons. The van der Waals surface area contributed by atoms with E-state index in [9.17, 15) is 14.4 Å². The summed E-state index contributed by atoms with van der Waals surface area (Å²) < 4.78 is 10.7. The molecule has 1 aromatic carbocycles. The van der Waals surface area contributed by atoms with E-state index in [1.165, 1.54) is 14.2 Å². The predicted octanol–water partition coefficient (Wildman–Crippen LogP) is 2.03. The Morgan fingerprint density at radius 3 is 2.40 bits per heavy atom. The van der Waals surface area contributed by atoms with Gasteiger partial charge in [-0.3, -0.25) is 19.4 Å². The van der Waals surface area contributed by atoms with Crippen molar-refractivity contribution in [1.29, 1.82) is 0 Å². The number of ketones is 1. The molecule has 4 atom stereocenters. The fourth-order valence-electron chi connectivity index (χ4n) is 4.49. The summed E-state index contributed by atoms with van der Waals surface area (Å²) in [7, 11) is 2.98. The minimum atomic E-state index is -0.815. The molecule has 0 aliphatic carbocycles. The summed E-state index contributed by atoms with van der Waals surface area (Å²) >= 11 is 0. The molecule has 0 aromatic heterocycles. The van der Waals surface area contributed by atoms with Gasteiger partial charge in [-0.1, -0.05) is 26.8 Å². The van der Waals surface area contributed by atoms with Crippen LogP contribution in [-0.4, -0.2) is 55.1 Å². The Bertz CT molecular complexity index is 977. The number of hydrazone groups is 1. The Morgan fingerprint density at radius 2 is 1.77 bits per heavy atom. The van der Waals surface area contributed by atoms with Gasteiger partial charge in [0.25, 0.3) is 0 Å². The van der Waals surface area contributed by atoms with Crippen molar-refractivity contribution in [3.8, 4) is 11.5 Å². The number of Topliss-reactive ketones (excluding diaryl/α,β-unsaturated/α-hetero) is 1. The van der Waals surface area contributed by atoms with Gasteiger partial charge < -0.3 is 9.47 Å². The summed E-state index contributed by atoms with van der Waals surface area (Å²) in [6.45, 7) is 5.43. The molecule has 3 aliphatic rings. The second-order valence-corrected chi connectivity index (χ2v) is 8.68. The number of imide groups is 1. The molecule has 4 rings (SSSR count). The summed E-state index contributed by atoms with van der Waals surface area (Å²) in [5, 5.41) is 5.97. The van der Waals surface area contributed by atoms with Crippen LogP contribution in [0.1, 0.15) is 20.8 Å². The van der Waals surface area contributed by atoms with E-state index in [0.717, 1.165) is 4.90 Å². The molecule has 3 aliphatic heterocycles. The first kappa shape index (κ1) is 20.1. The number of ether oxygens (including phenoxy) is 2. The van der Waals surface area contributed by atoms with Crippen LogP contribution in [0.15, 0.2) is 35.5 Å². The van der Waals surface area contributed by atoms with Crippen molar-refractivity contribution in [2.75, 3.05) is 19.1 Å². The molecule has 158 valence electrons. The highest BCUT2D eigenvalue weighted by Gasteiger charge is 2.65. The highest BCUT2D eigenvalue weighted by Crippen LogP contribution is 2.48. The zero-order chi connectivity index (χ0) is 21.8. The average Bonchev–Trinajstić information content (AvgIpc) is 3.19. The number of amides is 2. The van der Waals surface area contributed by atoms with Crippen LogP contribution in [0.3, 0.4) is 0 Å². The lowest BCUT2D eigenvalue weighted by Crippen LogP contribution is -2.49. The summed E-state index contributed by atoms with van der Waals surface area (Å²) in [5.74, 6) is -1.54. The maximum atomic E-state index is 13.6. The van der Waals surface area contributed by atoms with Crippen molar-refractivity contribution in [2.24, 2.45) is 22.4 Å². The molecule has 30 heavy (non-hydrogen) atoms. The van der Waals surface area contributed by atoms with E-state index in [2.05, 4.69) is 5.10 Å². The maximum absolute atomic E-state index is 13.6. The number of rotatable bonds is 4. The van der Waals surface area contributed by atoms with Crippen LogP contribution in [0.5, 0.6) is 11.5 Å². The number of hydrogen-bond donors (Lipinski definition) is 0. The Hall–Kier alpha value is -3.16. The van der Waals surface area contributed by atoms with Gasteiger partial charge in [0.1, 0.15) is 17.5 Å². The number of nitrogens with zero attached hydrogens (tertiary/aromatic N) is 3. The summed E-state index contributed by atoms with van der Waals surface area (Å²) in [5.41, 5.74) is -0.372. The molecule has 0 saturated carbocycles. The number of anilines is 1. The van der Waals surface area contributed by atoms with E-state index >= 15 is 0 Å². The van der Waals surface area contributed by atoms with E-state index in [0.29, 0.717) is 17.2 Å². The Kier molecular flexibility index (Phi) is 4.67. The quantitative estimate of drug-likeness (QED) is 0.705. The predicted molar refractivity (Wildman–Crippen MR) is 111 cm³/mol. The number of carbonyl (C=O) groups is 3. The second-order valence-electron chi connectivity index (χ2n) is 8.68. The van der Waals surface area contributed by atoms with E-state index in [1.54, 1.807) is 35.5 Å². The molecule has 8 nitrogen and oxygen atoms in total. The molecule has 8 heteroatoms. The smallest absolute Gasteiger partial charge is 0.240 e.